The summed E-state index contributed by atoms with van der Waals surface area (Å²) in [6.45, 7) is 2.27. The molecule has 0 atom stereocenters. The quantitative estimate of drug-likeness (QED) is 0.262. The first kappa shape index (κ1) is 23.6. The van der Waals surface area contributed by atoms with Crippen molar-refractivity contribution in [2.75, 3.05) is 6.61 Å². The summed E-state index contributed by atoms with van der Waals surface area (Å²) >= 11 is 0. The molecule has 7 heteroatoms. The van der Waals surface area contributed by atoms with Gasteiger partial charge in [0.2, 0.25) is 5.82 Å². The zero-order valence-corrected chi connectivity index (χ0v) is 18.0. The zero-order valence-electron chi connectivity index (χ0n) is 18.0. The number of hydrogen-bond donors (Lipinski definition) is 0. The van der Waals surface area contributed by atoms with Gasteiger partial charge in [-0.2, -0.15) is 9.65 Å². The number of hydrogen-bond acceptors (Lipinski definition) is 4. The van der Waals surface area contributed by atoms with Crippen molar-refractivity contribution in [3.8, 4) is 17.6 Å². The Hall–Kier alpha value is -3.01. The molecule has 0 aliphatic heterocycles. The Kier molecular flexibility index (Phi) is 8.15. The van der Waals surface area contributed by atoms with Gasteiger partial charge in [-0.25, -0.2) is 13.6 Å². The van der Waals surface area contributed by atoms with Crippen LogP contribution in [0.5, 0.6) is 11.5 Å². The second-order valence-electron chi connectivity index (χ2n) is 8.23. The molecular weight excluding hydrogens is 419 g/mol. The molecule has 0 unspecified atom stereocenters. The van der Waals surface area contributed by atoms with Crippen molar-refractivity contribution in [3.05, 3.63) is 58.9 Å². The second kappa shape index (κ2) is 11.0. The lowest BCUT2D eigenvalue weighted by Gasteiger charge is -2.28. The van der Waals surface area contributed by atoms with Crippen LogP contribution in [0.25, 0.3) is 0 Å². The van der Waals surface area contributed by atoms with Gasteiger partial charge in [0.1, 0.15) is 11.3 Å². The Balaban J connectivity index is 1.62. The third-order valence-corrected chi connectivity index (χ3v) is 5.93. The van der Waals surface area contributed by atoms with E-state index in [1.165, 1.54) is 43.5 Å². The Labute approximate surface area is 186 Å². The van der Waals surface area contributed by atoms with Crippen molar-refractivity contribution in [1.82, 2.24) is 0 Å². The molecular formula is C25H26F3NO3. The molecule has 1 saturated carbocycles. The molecule has 0 aromatic heterocycles. The highest BCUT2D eigenvalue weighted by atomic mass is 19.2. The maximum Gasteiger partial charge on any atom is 0.346 e. The number of carbonyl (C=O) groups is 1. The standard InChI is InChI=1S/C25H26F3NO3/c1-2-3-4-16-5-7-18(8-6-16)15-31-24-21(26)13-20(22(27)23(24)28)25(30)32-19-11-9-17(14-29)10-12-19/h9-13,16,18H,2-8,15H2,1H3. The molecule has 3 rings (SSSR count). The van der Waals surface area contributed by atoms with E-state index in [-0.39, 0.29) is 18.3 Å². The summed E-state index contributed by atoms with van der Waals surface area (Å²) < 4.78 is 53.7. The van der Waals surface area contributed by atoms with E-state index < -0.39 is 34.7 Å². The predicted molar refractivity (Wildman–Crippen MR) is 113 cm³/mol. The van der Waals surface area contributed by atoms with Gasteiger partial charge in [0, 0.05) is 0 Å². The van der Waals surface area contributed by atoms with Crippen molar-refractivity contribution in [2.24, 2.45) is 11.8 Å². The minimum absolute atomic E-state index is 0.0177. The molecule has 1 aliphatic rings. The molecule has 0 N–H and O–H groups in total. The number of ether oxygens (including phenoxy) is 2. The first-order valence-electron chi connectivity index (χ1n) is 11.0. The SMILES string of the molecule is CCCCC1CCC(COc2c(F)cc(C(=O)Oc3ccc(C#N)cc3)c(F)c2F)CC1. The van der Waals surface area contributed by atoms with Crippen LogP contribution in [0, 0.1) is 40.6 Å². The molecule has 1 fully saturated rings. The van der Waals surface area contributed by atoms with E-state index in [9.17, 15) is 18.0 Å². The van der Waals surface area contributed by atoms with Crippen molar-refractivity contribution >= 4 is 5.97 Å². The Morgan fingerprint density at radius 1 is 1.06 bits per heavy atom. The van der Waals surface area contributed by atoms with E-state index in [1.54, 1.807) is 0 Å². The van der Waals surface area contributed by atoms with Crippen LogP contribution < -0.4 is 9.47 Å². The van der Waals surface area contributed by atoms with Gasteiger partial charge in [-0.05, 0) is 55.0 Å². The minimum Gasteiger partial charge on any atom is -0.487 e. The molecule has 0 spiro atoms. The van der Waals surface area contributed by atoms with E-state index in [0.717, 1.165) is 25.7 Å². The molecule has 1 aliphatic carbocycles. The molecule has 0 bridgehead atoms. The van der Waals surface area contributed by atoms with E-state index in [2.05, 4.69) is 6.92 Å². The third kappa shape index (κ3) is 5.82. The molecule has 0 amide bonds. The first-order chi connectivity index (χ1) is 15.4. The molecule has 0 radical (unpaired) electrons. The zero-order chi connectivity index (χ0) is 23.1. The number of esters is 1. The predicted octanol–water partition coefficient (Wildman–Crippen LogP) is 6.57. The van der Waals surface area contributed by atoms with Gasteiger partial charge in [0.15, 0.2) is 17.4 Å². The number of nitriles is 1. The van der Waals surface area contributed by atoms with Gasteiger partial charge < -0.3 is 9.47 Å². The van der Waals surface area contributed by atoms with Gasteiger partial charge in [0.25, 0.3) is 0 Å². The number of benzene rings is 2. The number of carbonyl (C=O) groups excluding carboxylic acids is 1. The molecule has 32 heavy (non-hydrogen) atoms. The molecule has 0 heterocycles. The van der Waals surface area contributed by atoms with Crippen molar-refractivity contribution < 1.29 is 27.4 Å². The largest absolute Gasteiger partial charge is 0.487 e. The van der Waals surface area contributed by atoms with Crippen LogP contribution in [-0.4, -0.2) is 12.6 Å². The van der Waals surface area contributed by atoms with Crippen LogP contribution in [0.3, 0.4) is 0 Å². The molecule has 170 valence electrons. The van der Waals surface area contributed by atoms with E-state index in [0.29, 0.717) is 17.5 Å². The summed E-state index contributed by atoms with van der Waals surface area (Å²) in [5.74, 6) is -5.42. The number of halogens is 3. The highest BCUT2D eigenvalue weighted by molar-refractivity contribution is 5.91. The van der Waals surface area contributed by atoms with Gasteiger partial charge in [-0.3, -0.25) is 0 Å². The van der Waals surface area contributed by atoms with Crippen LogP contribution >= 0.6 is 0 Å². The molecule has 2 aromatic carbocycles. The summed E-state index contributed by atoms with van der Waals surface area (Å²) in [7, 11) is 0. The fourth-order valence-electron chi connectivity index (χ4n) is 4.00. The number of rotatable bonds is 8. The maximum atomic E-state index is 14.5. The van der Waals surface area contributed by atoms with E-state index >= 15 is 0 Å². The third-order valence-electron chi connectivity index (χ3n) is 5.93. The van der Waals surface area contributed by atoms with Gasteiger partial charge in [-0.1, -0.05) is 39.0 Å². The monoisotopic (exact) mass is 445 g/mol. The minimum atomic E-state index is -1.55. The Bertz CT molecular complexity index is 977. The van der Waals surface area contributed by atoms with Crippen LogP contribution in [0.15, 0.2) is 30.3 Å². The van der Waals surface area contributed by atoms with Crippen molar-refractivity contribution in [1.29, 1.82) is 5.26 Å². The van der Waals surface area contributed by atoms with Gasteiger partial charge in [0.05, 0.1) is 18.2 Å². The Morgan fingerprint density at radius 3 is 2.34 bits per heavy atom. The summed E-state index contributed by atoms with van der Waals surface area (Å²) in [5.41, 5.74) is -0.530. The van der Waals surface area contributed by atoms with Crippen LogP contribution in [0.1, 0.15) is 67.8 Å². The maximum absolute atomic E-state index is 14.5. The van der Waals surface area contributed by atoms with Crippen molar-refractivity contribution in [3.63, 3.8) is 0 Å². The fraction of sp³-hybridized carbons (Fsp3) is 0.440. The summed E-state index contributed by atoms with van der Waals surface area (Å²) in [6, 6.07) is 7.94. The van der Waals surface area contributed by atoms with Gasteiger partial charge >= 0.3 is 5.97 Å². The van der Waals surface area contributed by atoms with Gasteiger partial charge in [-0.15, -0.1) is 0 Å². The van der Waals surface area contributed by atoms with E-state index in [4.69, 9.17) is 14.7 Å². The highest BCUT2D eigenvalue weighted by Gasteiger charge is 2.27. The smallest absolute Gasteiger partial charge is 0.346 e. The van der Waals surface area contributed by atoms with Crippen molar-refractivity contribution in [2.45, 2.75) is 51.9 Å². The summed E-state index contributed by atoms with van der Waals surface area (Å²) in [6.07, 6.45) is 7.54. The Morgan fingerprint density at radius 2 is 1.72 bits per heavy atom. The second-order valence-corrected chi connectivity index (χ2v) is 8.23. The lowest BCUT2D eigenvalue weighted by atomic mass is 9.80. The van der Waals surface area contributed by atoms with Crippen LogP contribution in [0.2, 0.25) is 0 Å². The molecule has 2 aromatic rings. The normalized spacial score (nSPS) is 18.1. The fourth-order valence-corrected chi connectivity index (χ4v) is 4.00. The average molecular weight is 445 g/mol. The average Bonchev–Trinajstić information content (AvgIpc) is 2.81. The summed E-state index contributed by atoms with van der Waals surface area (Å²) in [5, 5.41) is 8.78. The topological polar surface area (TPSA) is 59.3 Å². The first-order valence-corrected chi connectivity index (χ1v) is 11.0. The van der Waals surface area contributed by atoms with Crippen LogP contribution in [0.4, 0.5) is 13.2 Å². The molecule has 4 nitrogen and oxygen atoms in total. The molecule has 0 saturated heterocycles. The lowest BCUT2D eigenvalue weighted by molar-refractivity contribution is 0.0727. The summed E-state index contributed by atoms with van der Waals surface area (Å²) in [4.78, 5) is 12.2. The van der Waals surface area contributed by atoms with Crippen LogP contribution in [-0.2, 0) is 0 Å². The highest BCUT2D eigenvalue weighted by Crippen LogP contribution is 2.34. The number of unbranched alkanes of at least 4 members (excludes halogenated alkanes) is 1. The van der Waals surface area contributed by atoms with E-state index in [1.807, 2.05) is 6.07 Å². The number of nitrogens with zero attached hydrogens (tertiary/aromatic N) is 1. The lowest BCUT2D eigenvalue weighted by Crippen LogP contribution is -2.21.